The molecule has 1 aromatic heterocycles. The lowest BCUT2D eigenvalue weighted by Crippen LogP contribution is -2.40. The maximum Gasteiger partial charge on any atom is 0.406 e. The van der Waals surface area contributed by atoms with Crippen LogP contribution in [0.2, 0.25) is 5.15 Å². The van der Waals surface area contributed by atoms with E-state index in [1.165, 1.54) is 6.92 Å². The van der Waals surface area contributed by atoms with Crippen LogP contribution in [0.15, 0.2) is 9.59 Å². The normalized spacial score (nSPS) is 11.8. The maximum atomic E-state index is 12.0. The summed E-state index contributed by atoms with van der Waals surface area (Å²) in [4.78, 5) is 24.2. The smallest absolute Gasteiger partial charge is 0.297 e. The summed E-state index contributed by atoms with van der Waals surface area (Å²) in [5.41, 5.74) is -2.34. The van der Waals surface area contributed by atoms with E-state index in [0.717, 1.165) is 0 Å². The van der Waals surface area contributed by atoms with Gasteiger partial charge in [0.15, 0.2) is 0 Å². The van der Waals surface area contributed by atoms with Crippen molar-refractivity contribution in [2.45, 2.75) is 19.6 Å². The Morgan fingerprint density at radius 3 is 2.40 bits per heavy atom. The summed E-state index contributed by atoms with van der Waals surface area (Å²) >= 11 is 5.41. The monoisotopic (exact) mass is 242 g/mol. The highest BCUT2D eigenvalue weighted by molar-refractivity contribution is 6.30. The molecule has 0 fully saturated rings. The molecule has 8 heteroatoms. The lowest BCUT2D eigenvalue weighted by atomic mass is 10.4. The van der Waals surface area contributed by atoms with Crippen molar-refractivity contribution in [3.63, 3.8) is 0 Å². The predicted octanol–water partition coefficient (Wildman–Crippen LogP) is 1.06. The van der Waals surface area contributed by atoms with Crippen LogP contribution in [0.4, 0.5) is 13.2 Å². The van der Waals surface area contributed by atoms with Gasteiger partial charge in [0.1, 0.15) is 11.7 Å². The second kappa shape index (κ2) is 3.73. The summed E-state index contributed by atoms with van der Waals surface area (Å²) in [6, 6.07) is 0. The fraction of sp³-hybridized carbons (Fsp3) is 0.429. The molecule has 0 aromatic carbocycles. The van der Waals surface area contributed by atoms with Gasteiger partial charge in [0.05, 0.1) is 0 Å². The Balaban J connectivity index is 3.38. The molecule has 0 aliphatic rings. The largest absolute Gasteiger partial charge is 0.406 e. The van der Waals surface area contributed by atoms with Crippen LogP contribution >= 0.6 is 11.6 Å². The van der Waals surface area contributed by atoms with E-state index in [2.05, 4.69) is 0 Å². The van der Waals surface area contributed by atoms with E-state index in [-0.39, 0.29) is 15.3 Å². The zero-order chi connectivity index (χ0) is 11.8. The number of hydrogen-bond donors (Lipinski definition) is 1. The Morgan fingerprint density at radius 1 is 1.40 bits per heavy atom. The number of H-pyrrole nitrogens is 1. The number of hydrogen-bond acceptors (Lipinski definition) is 2. The fourth-order valence-electron chi connectivity index (χ4n) is 0.967. The van der Waals surface area contributed by atoms with Gasteiger partial charge in [-0.1, -0.05) is 11.6 Å². The predicted molar refractivity (Wildman–Crippen MR) is 47.1 cm³/mol. The SMILES string of the molecule is Cc1c(Cl)[nH]c(=O)n(CC(F)(F)F)c1=O. The molecule has 0 spiro atoms. The number of aromatic nitrogens is 2. The molecule has 0 amide bonds. The van der Waals surface area contributed by atoms with Crippen LogP contribution in [0.5, 0.6) is 0 Å². The first-order valence-electron chi connectivity index (χ1n) is 3.78. The molecule has 0 saturated carbocycles. The van der Waals surface area contributed by atoms with Crippen LogP contribution in [0, 0.1) is 6.92 Å². The molecular weight excluding hydrogens is 237 g/mol. The molecule has 0 unspecified atom stereocenters. The molecule has 1 aromatic rings. The highest BCUT2D eigenvalue weighted by atomic mass is 35.5. The molecule has 0 radical (unpaired) electrons. The van der Waals surface area contributed by atoms with Crippen molar-refractivity contribution in [1.29, 1.82) is 0 Å². The molecule has 4 nitrogen and oxygen atoms in total. The van der Waals surface area contributed by atoms with Crippen molar-refractivity contribution < 1.29 is 13.2 Å². The Hall–Kier alpha value is -1.24. The van der Waals surface area contributed by atoms with Crippen molar-refractivity contribution in [2.75, 3.05) is 0 Å². The molecule has 0 bridgehead atoms. The molecule has 84 valence electrons. The number of nitrogens with one attached hydrogen (secondary N) is 1. The summed E-state index contributed by atoms with van der Waals surface area (Å²) < 4.78 is 36.0. The van der Waals surface area contributed by atoms with Crippen molar-refractivity contribution in [2.24, 2.45) is 0 Å². The summed E-state index contributed by atoms with van der Waals surface area (Å²) in [7, 11) is 0. The number of alkyl halides is 3. The highest BCUT2D eigenvalue weighted by Gasteiger charge is 2.30. The minimum absolute atomic E-state index is 0.0568. The van der Waals surface area contributed by atoms with E-state index in [4.69, 9.17) is 11.6 Å². The topological polar surface area (TPSA) is 54.9 Å². The zero-order valence-corrected chi connectivity index (χ0v) is 8.24. The Bertz CT molecular complexity index is 488. The van der Waals surface area contributed by atoms with E-state index in [9.17, 15) is 22.8 Å². The minimum atomic E-state index is -4.63. The number of rotatable bonds is 1. The summed E-state index contributed by atoms with van der Waals surface area (Å²) in [5, 5.41) is -0.247. The Morgan fingerprint density at radius 2 is 1.93 bits per heavy atom. The van der Waals surface area contributed by atoms with Gasteiger partial charge in [0.25, 0.3) is 5.56 Å². The first-order valence-corrected chi connectivity index (χ1v) is 4.16. The van der Waals surface area contributed by atoms with Gasteiger partial charge in [-0.3, -0.25) is 14.3 Å². The summed E-state index contributed by atoms with van der Waals surface area (Å²) in [5.74, 6) is 0. The highest BCUT2D eigenvalue weighted by Crippen LogP contribution is 2.15. The van der Waals surface area contributed by atoms with Gasteiger partial charge in [-0.05, 0) is 6.92 Å². The van der Waals surface area contributed by atoms with Crippen LogP contribution in [0.1, 0.15) is 5.56 Å². The summed E-state index contributed by atoms with van der Waals surface area (Å²) in [6.07, 6.45) is -4.63. The quantitative estimate of drug-likeness (QED) is 0.749. The van der Waals surface area contributed by atoms with E-state index >= 15 is 0 Å². The van der Waals surface area contributed by atoms with Crippen LogP contribution in [-0.2, 0) is 6.54 Å². The van der Waals surface area contributed by atoms with E-state index in [1.54, 1.807) is 0 Å². The molecule has 1 N–H and O–H groups in total. The van der Waals surface area contributed by atoms with Crippen LogP contribution < -0.4 is 11.2 Å². The fourth-order valence-corrected chi connectivity index (χ4v) is 1.13. The van der Waals surface area contributed by atoms with Crippen molar-refractivity contribution in [3.8, 4) is 0 Å². The molecule has 1 heterocycles. The minimum Gasteiger partial charge on any atom is -0.297 e. The molecule has 0 aliphatic carbocycles. The van der Waals surface area contributed by atoms with E-state index in [1.807, 2.05) is 4.98 Å². The van der Waals surface area contributed by atoms with Gasteiger partial charge in [-0.15, -0.1) is 0 Å². The number of halogens is 4. The second-order valence-corrected chi connectivity index (χ2v) is 3.25. The number of nitrogens with zero attached hydrogens (tertiary/aromatic N) is 1. The first kappa shape index (κ1) is 11.8. The standard InChI is InChI=1S/C7H6ClF3N2O2/c1-3-4(8)12-6(15)13(5(3)14)2-7(9,10)11/h2H2,1H3,(H,12,15). The molecule has 0 saturated heterocycles. The van der Waals surface area contributed by atoms with Crippen LogP contribution in [0.25, 0.3) is 0 Å². The number of aromatic amines is 1. The maximum absolute atomic E-state index is 12.0. The third-order valence-electron chi connectivity index (χ3n) is 1.69. The first-order chi connectivity index (χ1) is 6.72. The van der Waals surface area contributed by atoms with Gasteiger partial charge in [0, 0.05) is 5.56 Å². The Labute approximate surface area is 86.3 Å². The van der Waals surface area contributed by atoms with Crippen molar-refractivity contribution >= 4 is 11.6 Å². The Kier molecular flexibility index (Phi) is 2.94. The van der Waals surface area contributed by atoms with Crippen molar-refractivity contribution in [1.82, 2.24) is 9.55 Å². The van der Waals surface area contributed by atoms with Crippen LogP contribution in [-0.4, -0.2) is 15.7 Å². The lowest BCUT2D eigenvalue weighted by Gasteiger charge is -2.09. The average molecular weight is 243 g/mol. The molecule has 1 rings (SSSR count). The van der Waals surface area contributed by atoms with Gasteiger partial charge < -0.3 is 0 Å². The van der Waals surface area contributed by atoms with Crippen molar-refractivity contribution in [3.05, 3.63) is 31.6 Å². The van der Waals surface area contributed by atoms with Gasteiger partial charge >= 0.3 is 11.9 Å². The third kappa shape index (κ3) is 2.62. The van der Waals surface area contributed by atoms with Gasteiger partial charge in [0.2, 0.25) is 0 Å². The average Bonchev–Trinajstić information content (AvgIpc) is 2.07. The molecular formula is C7H6ClF3N2O2. The van der Waals surface area contributed by atoms with E-state index < -0.39 is 24.0 Å². The molecule has 15 heavy (non-hydrogen) atoms. The van der Waals surface area contributed by atoms with Gasteiger partial charge in [-0.25, -0.2) is 4.79 Å². The third-order valence-corrected chi connectivity index (χ3v) is 2.07. The van der Waals surface area contributed by atoms with E-state index in [0.29, 0.717) is 0 Å². The lowest BCUT2D eigenvalue weighted by molar-refractivity contribution is -0.141. The van der Waals surface area contributed by atoms with Crippen LogP contribution in [0.3, 0.4) is 0 Å². The zero-order valence-electron chi connectivity index (χ0n) is 7.48. The molecule has 0 atom stereocenters. The second-order valence-electron chi connectivity index (χ2n) is 2.88. The summed E-state index contributed by atoms with van der Waals surface area (Å²) in [6.45, 7) is -0.396. The van der Waals surface area contributed by atoms with Gasteiger partial charge in [-0.2, -0.15) is 13.2 Å². The molecule has 0 aliphatic heterocycles.